The molecule has 0 spiro atoms. The normalized spacial score (nSPS) is 12.4. The van der Waals surface area contributed by atoms with E-state index in [4.69, 9.17) is 17.4 Å². The lowest BCUT2D eigenvalue weighted by Gasteiger charge is -2.17. The van der Waals surface area contributed by atoms with Crippen LogP contribution in [0.15, 0.2) is 36.4 Å². The molecule has 0 saturated heterocycles. The maximum Gasteiger partial charge on any atom is 0.159 e. The highest BCUT2D eigenvalue weighted by atomic mass is 35.5. The molecule has 0 aliphatic rings. The van der Waals surface area contributed by atoms with Gasteiger partial charge in [0.05, 0.1) is 11.1 Å². The van der Waals surface area contributed by atoms with Gasteiger partial charge in [-0.15, -0.1) is 0 Å². The van der Waals surface area contributed by atoms with E-state index in [1.165, 1.54) is 18.2 Å². The molecule has 20 heavy (non-hydrogen) atoms. The molecule has 0 saturated carbocycles. The zero-order valence-corrected chi connectivity index (χ0v) is 11.1. The third-order valence-electron chi connectivity index (χ3n) is 3.00. The van der Waals surface area contributed by atoms with Crippen molar-refractivity contribution >= 4 is 11.6 Å². The lowest BCUT2D eigenvalue weighted by molar-refractivity contribution is 0.497. The van der Waals surface area contributed by atoms with Gasteiger partial charge in [-0.1, -0.05) is 29.8 Å². The van der Waals surface area contributed by atoms with Gasteiger partial charge >= 0.3 is 0 Å². The van der Waals surface area contributed by atoms with Gasteiger partial charge in [0.25, 0.3) is 0 Å². The molecule has 6 heteroatoms. The highest BCUT2D eigenvalue weighted by Gasteiger charge is 2.16. The molecule has 2 rings (SSSR count). The van der Waals surface area contributed by atoms with Crippen molar-refractivity contribution in [2.24, 2.45) is 5.84 Å². The first kappa shape index (κ1) is 14.8. The molecule has 0 aliphatic carbocycles. The van der Waals surface area contributed by atoms with E-state index in [2.05, 4.69) is 5.43 Å². The summed E-state index contributed by atoms with van der Waals surface area (Å²) in [6.07, 6.45) is 0.248. The first-order chi connectivity index (χ1) is 9.52. The van der Waals surface area contributed by atoms with Gasteiger partial charge in [0, 0.05) is 0 Å². The van der Waals surface area contributed by atoms with Gasteiger partial charge in [-0.2, -0.15) is 0 Å². The third kappa shape index (κ3) is 3.12. The Morgan fingerprint density at radius 2 is 1.80 bits per heavy atom. The second-order valence-electron chi connectivity index (χ2n) is 4.31. The van der Waals surface area contributed by atoms with E-state index >= 15 is 0 Å². The maximum absolute atomic E-state index is 13.4. The highest BCUT2D eigenvalue weighted by Crippen LogP contribution is 2.26. The van der Waals surface area contributed by atoms with Crippen LogP contribution in [0.1, 0.15) is 17.2 Å². The Labute approximate surface area is 119 Å². The molecule has 1 atom stereocenters. The maximum atomic E-state index is 13.4. The van der Waals surface area contributed by atoms with Crippen LogP contribution in [0.3, 0.4) is 0 Å². The van der Waals surface area contributed by atoms with Gasteiger partial charge in [0.15, 0.2) is 11.6 Å². The fourth-order valence-electron chi connectivity index (χ4n) is 1.93. The fraction of sp³-hybridized carbons (Fsp3) is 0.143. The molecular formula is C14H12ClF3N2. The van der Waals surface area contributed by atoms with E-state index < -0.39 is 23.5 Å². The van der Waals surface area contributed by atoms with Crippen molar-refractivity contribution in [1.82, 2.24) is 5.43 Å². The number of hydrogen-bond acceptors (Lipinski definition) is 2. The minimum Gasteiger partial charge on any atom is -0.271 e. The first-order valence-electron chi connectivity index (χ1n) is 5.87. The molecule has 0 bridgehead atoms. The van der Waals surface area contributed by atoms with Crippen LogP contribution in [0.5, 0.6) is 0 Å². The summed E-state index contributed by atoms with van der Waals surface area (Å²) >= 11 is 5.86. The van der Waals surface area contributed by atoms with Crippen molar-refractivity contribution in [3.63, 3.8) is 0 Å². The van der Waals surface area contributed by atoms with Crippen LogP contribution >= 0.6 is 11.6 Å². The molecule has 1 unspecified atom stereocenters. The summed E-state index contributed by atoms with van der Waals surface area (Å²) in [7, 11) is 0. The average molecular weight is 301 g/mol. The number of halogens is 4. The van der Waals surface area contributed by atoms with E-state index in [1.54, 1.807) is 6.07 Å². The van der Waals surface area contributed by atoms with Crippen LogP contribution < -0.4 is 11.3 Å². The summed E-state index contributed by atoms with van der Waals surface area (Å²) < 4.78 is 39.5. The van der Waals surface area contributed by atoms with E-state index in [9.17, 15) is 13.2 Å². The van der Waals surface area contributed by atoms with Gasteiger partial charge in [-0.25, -0.2) is 13.2 Å². The lowest BCUT2D eigenvalue weighted by atomic mass is 9.99. The standard InChI is InChI=1S/C14H12ClF3N2/c15-14-9(2-1-3-11(14)17)7-13(20-19)8-4-5-10(16)12(18)6-8/h1-6,13,20H,7,19H2. The highest BCUT2D eigenvalue weighted by molar-refractivity contribution is 6.31. The Kier molecular flexibility index (Phi) is 4.65. The summed E-state index contributed by atoms with van der Waals surface area (Å²) in [5, 5.41) is -0.00432. The zero-order chi connectivity index (χ0) is 14.7. The Balaban J connectivity index is 2.28. The van der Waals surface area contributed by atoms with Crippen molar-refractivity contribution in [3.05, 3.63) is 70.0 Å². The Bertz CT molecular complexity index is 619. The van der Waals surface area contributed by atoms with Gasteiger partial charge in [0.2, 0.25) is 0 Å². The van der Waals surface area contributed by atoms with Crippen LogP contribution in [0.25, 0.3) is 0 Å². The molecule has 2 aromatic rings. The summed E-state index contributed by atoms with van der Waals surface area (Å²) in [6.45, 7) is 0. The second-order valence-corrected chi connectivity index (χ2v) is 4.69. The third-order valence-corrected chi connectivity index (χ3v) is 3.43. The van der Waals surface area contributed by atoms with E-state index in [1.807, 2.05) is 0 Å². The minimum atomic E-state index is -0.965. The van der Waals surface area contributed by atoms with Crippen LogP contribution in [0, 0.1) is 17.5 Å². The molecule has 0 fully saturated rings. The van der Waals surface area contributed by atoms with Crippen LogP contribution in [-0.4, -0.2) is 0 Å². The number of hydrogen-bond donors (Lipinski definition) is 2. The molecule has 0 radical (unpaired) electrons. The molecule has 106 valence electrons. The summed E-state index contributed by atoms with van der Waals surface area (Å²) in [5.74, 6) is 2.99. The predicted octanol–water partition coefficient (Wildman–Crippen LogP) is 3.50. The van der Waals surface area contributed by atoms with Gasteiger partial charge in [0.1, 0.15) is 5.82 Å². The Hall–Kier alpha value is -1.56. The van der Waals surface area contributed by atoms with Crippen molar-refractivity contribution in [1.29, 1.82) is 0 Å². The minimum absolute atomic E-state index is 0.00432. The van der Waals surface area contributed by atoms with Crippen LogP contribution in [-0.2, 0) is 6.42 Å². The molecule has 2 nitrogen and oxygen atoms in total. The van der Waals surface area contributed by atoms with Crippen molar-refractivity contribution < 1.29 is 13.2 Å². The molecule has 0 aliphatic heterocycles. The SMILES string of the molecule is NNC(Cc1cccc(F)c1Cl)c1ccc(F)c(F)c1. The Morgan fingerprint density at radius 1 is 1.05 bits per heavy atom. The largest absolute Gasteiger partial charge is 0.271 e. The number of benzene rings is 2. The topological polar surface area (TPSA) is 38.0 Å². The summed E-state index contributed by atoms with van der Waals surface area (Å²) in [5.41, 5.74) is 3.47. The fourth-order valence-corrected chi connectivity index (χ4v) is 2.13. The van der Waals surface area contributed by atoms with E-state index in [0.29, 0.717) is 11.1 Å². The van der Waals surface area contributed by atoms with Crippen LogP contribution in [0.4, 0.5) is 13.2 Å². The van der Waals surface area contributed by atoms with Crippen molar-refractivity contribution in [3.8, 4) is 0 Å². The molecular weight excluding hydrogens is 289 g/mol. The molecule has 2 aromatic carbocycles. The van der Waals surface area contributed by atoms with Gasteiger partial charge in [-0.3, -0.25) is 11.3 Å². The second kappa shape index (κ2) is 6.26. The van der Waals surface area contributed by atoms with E-state index in [-0.39, 0.29) is 11.4 Å². The smallest absolute Gasteiger partial charge is 0.159 e. The summed E-state index contributed by atoms with van der Waals surface area (Å²) in [4.78, 5) is 0. The quantitative estimate of drug-likeness (QED) is 0.670. The number of rotatable bonds is 4. The first-order valence-corrected chi connectivity index (χ1v) is 6.24. The van der Waals surface area contributed by atoms with Gasteiger partial charge < -0.3 is 0 Å². The van der Waals surface area contributed by atoms with Gasteiger partial charge in [-0.05, 0) is 35.7 Å². The van der Waals surface area contributed by atoms with Crippen molar-refractivity contribution in [2.45, 2.75) is 12.5 Å². The van der Waals surface area contributed by atoms with E-state index in [0.717, 1.165) is 12.1 Å². The monoisotopic (exact) mass is 300 g/mol. The number of nitrogens with one attached hydrogen (secondary N) is 1. The molecule has 0 heterocycles. The van der Waals surface area contributed by atoms with Crippen molar-refractivity contribution in [2.75, 3.05) is 0 Å². The molecule has 0 amide bonds. The lowest BCUT2D eigenvalue weighted by Crippen LogP contribution is -2.29. The Morgan fingerprint density at radius 3 is 2.45 bits per heavy atom. The molecule has 3 N–H and O–H groups in total. The average Bonchev–Trinajstić information content (AvgIpc) is 2.44. The van der Waals surface area contributed by atoms with Crippen LogP contribution in [0.2, 0.25) is 5.02 Å². The predicted molar refractivity (Wildman–Crippen MR) is 71.5 cm³/mol. The zero-order valence-electron chi connectivity index (χ0n) is 10.3. The summed E-state index contributed by atoms with van der Waals surface area (Å²) in [6, 6.07) is 7.38. The molecule has 0 aromatic heterocycles. The number of hydrazine groups is 1. The number of nitrogens with two attached hydrogens (primary N) is 1.